The van der Waals surface area contributed by atoms with E-state index in [0.29, 0.717) is 5.82 Å². The highest BCUT2D eigenvalue weighted by Crippen LogP contribution is 2.44. The number of pyridine rings is 2. The van der Waals surface area contributed by atoms with Crippen LogP contribution in [0.5, 0.6) is 0 Å². The molecule has 1 saturated carbocycles. The maximum absolute atomic E-state index is 12.7. The minimum Gasteiger partial charge on any atom is -0.383 e. The molecule has 8 heteroatoms. The molecule has 7 rings (SSSR count). The van der Waals surface area contributed by atoms with Crippen LogP contribution in [0.3, 0.4) is 0 Å². The number of aryl methyl sites for hydroxylation is 1. The first-order valence-electron chi connectivity index (χ1n) is 14.0. The summed E-state index contributed by atoms with van der Waals surface area (Å²) in [7, 11) is -3.78. The lowest BCUT2D eigenvalue weighted by Crippen LogP contribution is -2.30. The highest BCUT2D eigenvalue weighted by atomic mass is 32.2. The fourth-order valence-corrected chi connectivity index (χ4v) is 6.81. The average Bonchev–Trinajstić information content (AvgIpc) is 3.37. The zero-order valence-corrected chi connectivity index (χ0v) is 24.0. The Morgan fingerprint density at radius 2 is 1.69 bits per heavy atom. The zero-order valence-electron chi connectivity index (χ0n) is 23.1. The number of nitrogen functional groups attached to an aromatic ring is 1. The summed E-state index contributed by atoms with van der Waals surface area (Å²) in [5, 5.41) is 1.98. The van der Waals surface area contributed by atoms with E-state index >= 15 is 0 Å². The van der Waals surface area contributed by atoms with Crippen LogP contribution in [0.15, 0.2) is 108 Å². The number of hydrogen-bond donors (Lipinski definition) is 1. The lowest BCUT2D eigenvalue weighted by Gasteiger charge is -2.36. The summed E-state index contributed by atoms with van der Waals surface area (Å²) in [6, 6.07) is 29.5. The van der Waals surface area contributed by atoms with E-state index in [9.17, 15) is 8.42 Å². The summed E-state index contributed by atoms with van der Waals surface area (Å²) in [5.74, 6) is 0.632. The van der Waals surface area contributed by atoms with Gasteiger partial charge in [-0.15, -0.1) is 0 Å². The van der Waals surface area contributed by atoms with Crippen molar-refractivity contribution in [1.82, 2.24) is 14.5 Å². The van der Waals surface area contributed by atoms with Crippen LogP contribution in [-0.4, -0.2) is 29.6 Å². The molecule has 1 aliphatic rings. The molecule has 6 aromatic rings. The van der Waals surface area contributed by atoms with Gasteiger partial charge in [-0.3, -0.25) is 4.18 Å². The predicted octanol–water partition coefficient (Wildman–Crippen LogP) is 7.17. The molecule has 1 aliphatic carbocycles. The van der Waals surface area contributed by atoms with Crippen LogP contribution in [-0.2, 0) is 14.3 Å². The number of nitrogens with two attached hydrogens (primary N) is 1. The molecule has 210 valence electrons. The van der Waals surface area contributed by atoms with Gasteiger partial charge >= 0.3 is 0 Å². The maximum atomic E-state index is 12.7. The number of fused-ring (bicyclic) bond motifs is 2. The third-order valence-corrected chi connectivity index (χ3v) is 9.52. The third kappa shape index (κ3) is 4.82. The standard InChI is InChI=1S/C34H30N4O3S/c1-22-7-12-28(13-8-22)42(39,40)41-21-23-17-27(18-23)38-20-29(33-32(38)15-16-36-34(33)35)26-10-9-25-11-14-30(37-31(25)19-26)24-5-3-2-4-6-24/h2-16,19-20,23,27H,17-18,21H2,1H3,(H2,35,36). The van der Waals surface area contributed by atoms with Gasteiger partial charge in [0, 0.05) is 40.3 Å². The van der Waals surface area contributed by atoms with Crippen LogP contribution in [0.2, 0.25) is 0 Å². The first-order valence-corrected chi connectivity index (χ1v) is 15.4. The van der Waals surface area contributed by atoms with Crippen LogP contribution >= 0.6 is 0 Å². The molecule has 0 atom stereocenters. The van der Waals surface area contributed by atoms with Gasteiger partial charge < -0.3 is 10.3 Å². The molecule has 0 bridgehead atoms. The largest absolute Gasteiger partial charge is 0.383 e. The Morgan fingerprint density at radius 3 is 2.48 bits per heavy atom. The van der Waals surface area contributed by atoms with Gasteiger partial charge in [0.05, 0.1) is 28.2 Å². The lowest BCUT2D eigenvalue weighted by atomic mass is 9.80. The van der Waals surface area contributed by atoms with Crippen LogP contribution in [0.4, 0.5) is 5.82 Å². The van der Waals surface area contributed by atoms with Crippen molar-refractivity contribution in [2.24, 2.45) is 5.92 Å². The van der Waals surface area contributed by atoms with Crippen LogP contribution in [0.1, 0.15) is 24.4 Å². The molecule has 3 heterocycles. The van der Waals surface area contributed by atoms with Crippen LogP contribution < -0.4 is 5.73 Å². The first-order chi connectivity index (χ1) is 20.4. The number of rotatable bonds is 7. The van der Waals surface area contributed by atoms with Crippen molar-refractivity contribution < 1.29 is 12.6 Å². The molecule has 0 spiro atoms. The maximum Gasteiger partial charge on any atom is 0.296 e. The Kier molecular flexibility index (Phi) is 6.52. The molecule has 3 aromatic heterocycles. The number of anilines is 1. The molecule has 0 amide bonds. The minimum absolute atomic E-state index is 0.150. The van der Waals surface area contributed by atoms with Crippen molar-refractivity contribution >= 4 is 37.7 Å². The summed E-state index contributed by atoms with van der Waals surface area (Å²) < 4.78 is 33.0. The lowest BCUT2D eigenvalue weighted by molar-refractivity contribution is 0.131. The number of benzene rings is 3. The van der Waals surface area contributed by atoms with Crippen molar-refractivity contribution in [3.63, 3.8) is 0 Å². The van der Waals surface area contributed by atoms with E-state index in [1.165, 1.54) is 0 Å². The summed E-state index contributed by atoms with van der Waals surface area (Å²) in [6.07, 6.45) is 5.51. The Balaban J connectivity index is 1.15. The highest BCUT2D eigenvalue weighted by Gasteiger charge is 2.33. The average molecular weight is 575 g/mol. The second-order valence-corrected chi connectivity index (χ2v) is 12.7. The molecule has 0 aliphatic heterocycles. The van der Waals surface area contributed by atoms with E-state index in [1.54, 1.807) is 30.5 Å². The van der Waals surface area contributed by atoms with Gasteiger partial charge in [0.15, 0.2) is 0 Å². The van der Waals surface area contributed by atoms with Gasteiger partial charge in [0.2, 0.25) is 0 Å². The molecule has 1 fully saturated rings. The Labute approximate surface area is 244 Å². The normalized spacial score (nSPS) is 17.0. The SMILES string of the molecule is Cc1ccc(S(=O)(=O)OCC2CC(n3cc(-c4ccc5ccc(-c6ccccc6)nc5c4)c4c(N)nccc43)C2)cc1. The minimum atomic E-state index is -3.78. The zero-order chi connectivity index (χ0) is 28.8. The van der Waals surface area contributed by atoms with E-state index in [4.69, 9.17) is 14.9 Å². The van der Waals surface area contributed by atoms with Crippen LogP contribution in [0.25, 0.3) is 44.2 Å². The Hall–Kier alpha value is -4.53. The fraction of sp³-hybridized carbons (Fsp3) is 0.176. The van der Waals surface area contributed by atoms with E-state index in [0.717, 1.165) is 62.6 Å². The van der Waals surface area contributed by atoms with E-state index < -0.39 is 10.1 Å². The highest BCUT2D eigenvalue weighted by molar-refractivity contribution is 7.86. The van der Waals surface area contributed by atoms with Crippen molar-refractivity contribution in [1.29, 1.82) is 0 Å². The third-order valence-electron chi connectivity index (χ3n) is 8.22. The van der Waals surface area contributed by atoms with Gasteiger partial charge in [-0.25, -0.2) is 9.97 Å². The monoisotopic (exact) mass is 574 g/mol. The molecule has 2 N–H and O–H groups in total. The van der Waals surface area contributed by atoms with Crippen molar-refractivity contribution in [2.75, 3.05) is 12.3 Å². The topological polar surface area (TPSA) is 100 Å². The molecule has 0 unspecified atom stereocenters. The smallest absolute Gasteiger partial charge is 0.296 e. The predicted molar refractivity (Wildman–Crippen MR) is 166 cm³/mol. The molecule has 0 saturated heterocycles. The second-order valence-electron chi connectivity index (χ2n) is 11.1. The van der Waals surface area contributed by atoms with Crippen molar-refractivity contribution in [3.05, 3.63) is 109 Å². The molecule has 3 aromatic carbocycles. The molecular formula is C34H30N4O3S. The Bertz CT molecular complexity index is 2030. The fourth-order valence-electron chi connectivity index (χ4n) is 5.83. The van der Waals surface area contributed by atoms with Crippen LogP contribution in [0, 0.1) is 12.8 Å². The summed E-state index contributed by atoms with van der Waals surface area (Å²) >= 11 is 0. The molecule has 0 radical (unpaired) electrons. The molecule has 7 nitrogen and oxygen atoms in total. The molecule has 42 heavy (non-hydrogen) atoms. The van der Waals surface area contributed by atoms with Gasteiger partial charge in [-0.05, 0) is 61.6 Å². The Morgan fingerprint density at radius 1 is 0.929 bits per heavy atom. The first kappa shape index (κ1) is 26.4. The quantitative estimate of drug-likeness (QED) is 0.203. The van der Waals surface area contributed by atoms with Gasteiger partial charge in [-0.1, -0.05) is 66.2 Å². The second kappa shape index (κ2) is 10.4. The molecular weight excluding hydrogens is 544 g/mol. The number of aromatic nitrogens is 3. The van der Waals surface area contributed by atoms with E-state index in [1.807, 2.05) is 37.3 Å². The van der Waals surface area contributed by atoms with E-state index in [2.05, 4.69) is 52.1 Å². The summed E-state index contributed by atoms with van der Waals surface area (Å²) in [5.41, 5.74) is 13.4. The van der Waals surface area contributed by atoms with Gasteiger partial charge in [-0.2, -0.15) is 8.42 Å². The van der Waals surface area contributed by atoms with Gasteiger partial charge in [0.25, 0.3) is 10.1 Å². The summed E-state index contributed by atoms with van der Waals surface area (Å²) in [4.78, 5) is 9.55. The number of nitrogens with zero attached hydrogens (tertiary/aromatic N) is 3. The van der Waals surface area contributed by atoms with Crippen molar-refractivity contribution in [3.8, 4) is 22.4 Å². The van der Waals surface area contributed by atoms with E-state index in [-0.39, 0.29) is 23.5 Å². The van der Waals surface area contributed by atoms with Gasteiger partial charge in [0.1, 0.15) is 5.82 Å². The number of hydrogen-bond acceptors (Lipinski definition) is 6. The van der Waals surface area contributed by atoms with Crippen molar-refractivity contribution in [2.45, 2.75) is 30.7 Å². The summed E-state index contributed by atoms with van der Waals surface area (Å²) in [6.45, 7) is 2.09.